The Morgan fingerprint density at radius 1 is 1.04 bits per heavy atom. The number of hydrogen-bond acceptors (Lipinski definition) is 6. The van der Waals surface area contributed by atoms with E-state index in [4.69, 9.17) is 23.2 Å². The number of nitrogens with zero attached hydrogens (tertiary/aromatic N) is 3. The summed E-state index contributed by atoms with van der Waals surface area (Å²) in [7, 11) is -1.99. The highest BCUT2D eigenvalue weighted by atomic mass is 35.5. The Kier molecular flexibility index (Phi) is 6.53. The number of likely N-dealkylation sites (N-methyl/N-ethyl adjacent to an activating group) is 1. The second-order valence-electron chi connectivity index (χ2n) is 6.27. The Morgan fingerprint density at radius 3 is 2.36 bits per heavy atom. The summed E-state index contributed by atoms with van der Waals surface area (Å²) in [5.74, 6) is 0. The van der Waals surface area contributed by atoms with Gasteiger partial charge in [0.05, 0.1) is 9.95 Å². The van der Waals surface area contributed by atoms with Crippen LogP contribution in [0.2, 0.25) is 10.0 Å². The van der Waals surface area contributed by atoms with Crippen molar-refractivity contribution in [2.45, 2.75) is 14.7 Å². The van der Waals surface area contributed by atoms with Crippen LogP contribution in [-0.4, -0.2) is 55.8 Å². The third-order valence-corrected chi connectivity index (χ3v) is 8.21. The quantitative estimate of drug-likeness (QED) is 0.494. The molecule has 1 fully saturated rings. The van der Waals surface area contributed by atoms with Gasteiger partial charge < -0.3 is 4.90 Å². The zero-order chi connectivity index (χ0) is 20.5. The molecule has 2 aromatic carbocycles. The predicted octanol–water partition coefficient (Wildman–Crippen LogP) is 3.99. The lowest BCUT2D eigenvalue weighted by molar-refractivity contribution is -0.385. The lowest BCUT2D eigenvalue weighted by Crippen LogP contribution is -2.47. The van der Waals surface area contributed by atoms with Gasteiger partial charge >= 0.3 is 0 Å². The lowest BCUT2D eigenvalue weighted by atomic mass is 10.3. The van der Waals surface area contributed by atoms with Crippen LogP contribution in [0, 0.1) is 10.1 Å². The highest BCUT2D eigenvalue weighted by molar-refractivity contribution is 8.00. The van der Waals surface area contributed by atoms with Crippen LogP contribution in [-0.2, 0) is 10.0 Å². The van der Waals surface area contributed by atoms with E-state index < -0.39 is 14.9 Å². The molecular formula is C17H17Cl2N3O4S2. The van der Waals surface area contributed by atoms with E-state index in [0.29, 0.717) is 46.0 Å². The summed E-state index contributed by atoms with van der Waals surface area (Å²) in [5, 5.41) is 12.1. The van der Waals surface area contributed by atoms with E-state index in [2.05, 4.69) is 0 Å². The summed E-state index contributed by atoms with van der Waals surface area (Å²) < 4.78 is 27.8. The molecule has 1 heterocycles. The molecule has 0 aliphatic carbocycles. The van der Waals surface area contributed by atoms with E-state index in [1.54, 1.807) is 18.2 Å². The van der Waals surface area contributed by atoms with E-state index in [1.807, 2.05) is 11.9 Å². The van der Waals surface area contributed by atoms with Crippen LogP contribution in [0.5, 0.6) is 0 Å². The van der Waals surface area contributed by atoms with Crippen molar-refractivity contribution in [1.29, 1.82) is 0 Å². The van der Waals surface area contributed by atoms with Crippen LogP contribution < -0.4 is 0 Å². The molecule has 28 heavy (non-hydrogen) atoms. The molecule has 0 N–H and O–H groups in total. The van der Waals surface area contributed by atoms with E-state index in [1.165, 1.54) is 16.4 Å². The topological polar surface area (TPSA) is 83.8 Å². The zero-order valence-corrected chi connectivity index (χ0v) is 18.0. The largest absolute Gasteiger partial charge is 0.304 e. The molecule has 7 nitrogen and oxygen atoms in total. The normalized spacial score (nSPS) is 16.2. The second-order valence-corrected chi connectivity index (χ2v) is 10.1. The molecule has 0 aromatic heterocycles. The Hall–Kier alpha value is -1.36. The molecule has 1 aliphatic heterocycles. The Balaban J connectivity index is 2.06. The molecule has 11 heteroatoms. The third-order valence-electron chi connectivity index (χ3n) is 4.33. The molecule has 0 spiro atoms. The minimum Gasteiger partial charge on any atom is -0.304 e. The molecule has 2 aromatic rings. The fourth-order valence-electron chi connectivity index (χ4n) is 2.74. The first-order chi connectivity index (χ1) is 13.2. The van der Waals surface area contributed by atoms with Crippen molar-refractivity contribution in [3.63, 3.8) is 0 Å². The van der Waals surface area contributed by atoms with Crippen molar-refractivity contribution in [2.75, 3.05) is 33.2 Å². The van der Waals surface area contributed by atoms with Gasteiger partial charge in [0.1, 0.15) is 4.90 Å². The summed E-state index contributed by atoms with van der Waals surface area (Å²) in [6.07, 6.45) is 0. The summed E-state index contributed by atoms with van der Waals surface area (Å²) in [6.45, 7) is 1.83. The van der Waals surface area contributed by atoms with Gasteiger partial charge in [-0.15, -0.1) is 0 Å². The summed E-state index contributed by atoms with van der Waals surface area (Å²) in [6, 6.07) is 8.70. The van der Waals surface area contributed by atoms with E-state index in [0.717, 1.165) is 17.8 Å². The molecule has 0 saturated carbocycles. The van der Waals surface area contributed by atoms with Gasteiger partial charge in [-0.05, 0) is 31.3 Å². The number of halogens is 2. The molecule has 0 atom stereocenters. The number of nitro benzene ring substituents is 1. The highest BCUT2D eigenvalue weighted by Crippen LogP contribution is 2.40. The van der Waals surface area contributed by atoms with E-state index in [9.17, 15) is 18.5 Å². The van der Waals surface area contributed by atoms with Crippen LogP contribution in [0.3, 0.4) is 0 Å². The minimum absolute atomic E-state index is 0.104. The molecule has 0 unspecified atom stereocenters. The van der Waals surface area contributed by atoms with Crippen molar-refractivity contribution in [1.82, 2.24) is 9.21 Å². The number of hydrogen-bond donors (Lipinski definition) is 0. The smallest absolute Gasteiger partial charge is 0.270 e. The van der Waals surface area contributed by atoms with Crippen LogP contribution in [0.25, 0.3) is 0 Å². The van der Waals surface area contributed by atoms with Crippen molar-refractivity contribution in [3.8, 4) is 0 Å². The SMILES string of the molecule is CN1CCN(S(=O)(=O)c2cc([N+](=O)[O-])ccc2Sc2cc(Cl)ccc2Cl)CC1. The number of benzene rings is 2. The van der Waals surface area contributed by atoms with Gasteiger partial charge in [0, 0.05) is 53.1 Å². The Morgan fingerprint density at radius 2 is 1.71 bits per heavy atom. The fourth-order valence-corrected chi connectivity index (χ4v) is 6.05. The second kappa shape index (κ2) is 8.56. The summed E-state index contributed by atoms with van der Waals surface area (Å²) >= 11 is 13.3. The van der Waals surface area contributed by atoms with E-state index in [-0.39, 0.29) is 10.6 Å². The third kappa shape index (κ3) is 4.61. The molecule has 0 radical (unpaired) electrons. The Labute approximate surface area is 177 Å². The maximum atomic E-state index is 13.2. The maximum absolute atomic E-state index is 13.2. The van der Waals surface area contributed by atoms with Gasteiger partial charge in [0.25, 0.3) is 5.69 Å². The number of nitro groups is 1. The summed E-state index contributed by atoms with van der Waals surface area (Å²) in [5.41, 5.74) is -0.283. The van der Waals surface area contributed by atoms with Gasteiger partial charge in [-0.1, -0.05) is 35.0 Å². The number of sulfonamides is 1. The van der Waals surface area contributed by atoms with Crippen LogP contribution in [0.15, 0.2) is 51.1 Å². The molecular weight excluding hydrogens is 445 g/mol. The molecule has 1 saturated heterocycles. The fraction of sp³-hybridized carbons (Fsp3) is 0.294. The first-order valence-corrected chi connectivity index (χ1v) is 11.3. The molecule has 0 amide bonds. The average molecular weight is 462 g/mol. The first-order valence-electron chi connectivity index (χ1n) is 8.28. The minimum atomic E-state index is -3.91. The highest BCUT2D eigenvalue weighted by Gasteiger charge is 2.31. The maximum Gasteiger partial charge on any atom is 0.270 e. The van der Waals surface area contributed by atoms with Crippen molar-refractivity contribution >= 4 is 50.7 Å². The number of rotatable bonds is 5. The van der Waals surface area contributed by atoms with Crippen molar-refractivity contribution < 1.29 is 13.3 Å². The van der Waals surface area contributed by atoms with E-state index >= 15 is 0 Å². The number of piperazine rings is 1. The van der Waals surface area contributed by atoms with Crippen molar-refractivity contribution in [3.05, 3.63) is 56.6 Å². The van der Waals surface area contributed by atoms with Gasteiger partial charge in [0.15, 0.2) is 0 Å². The molecule has 3 rings (SSSR count). The van der Waals surface area contributed by atoms with Gasteiger partial charge in [-0.25, -0.2) is 8.42 Å². The zero-order valence-electron chi connectivity index (χ0n) is 14.8. The first kappa shape index (κ1) is 21.4. The van der Waals surface area contributed by atoms with Gasteiger partial charge in [-0.3, -0.25) is 10.1 Å². The predicted molar refractivity (Wildman–Crippen MR) is 110 cm³/mol. The van der Waals surface area contributed by atoms with Crippen LogP contribution in [0.1, 0.15) is 0 Å². The monoisotopic (exact) mass is 461 g/mol. The Bertz CT molecular complexity index is 1010. The van der Waals surface area contributed by atoms with Crippen molar-refractivity contribution in [2.24, 2.45) is 0 Å². The molecule has 0 bridgehead atoms. The van der Waals surface area contributed by atoms with Crippen LogP contribution >= 0.6 is 35.0 Å². The van der Waals surface area contributed by atoms with Gasteiger partial charge in [-0.2, -0.15) is 4.31 Å². The molecule has 150 valence electrons. The van der Waals surface area contributed by atoms with Crippen LogP contribution in [0.4, 0.5) is 5.69 Å². The lowest BCUT2D eigenvalue weighted by Gasteiger charge is -2.31. The van der Waals surface area contributed by atoms with Gasteiger partial charge in [0.2, 0.25) is 10.0 Å². The average Bonchev–Trinajstić information content (AvgIpc) is 2.65. The summed E-state index contributed by atoms with van der Waals surface area (Å²) in [4.78, 5) is 13.5. The standard InChI is InChI=1S/C17H17Cl2N3O4S2/c1-20-6-8-21(9-7-20)28(25,26)17-11-13(22(23)24)3-5-15(17)27-16-10-12(18)2-4-14(16)19/h2-5,10-11H,6-9H2,1H3. The molecule has 1 aliphatic rings. The number of non-ortho nitro benzene ring substituents is 1.